The van der Waals surface area contributed by atoms with E-state index < -0.39 is 0 Å². The predicted octanol–water partition coefficient (Wildman–Crippen LogP) is 3.62. The first-order chi connectivity index (χ1) is 13.2. The molecule has 0 radical (unpaired) electrons. The molecule has 1 aliphatic rings. The minimum atomic E-state index is -0.223. The van der Waals surface area contributed by atoms with Crippen molar-refractivity contribution in [3.8, 4) is 17.2 Å². The summed E-state index contributed by atoms with van der Waals surface area (Å²) < 4.78 is 13.1. The lowest BCUT2D eigenvalue weighted by Gasteiger charge is -2.13. The van der Waals surface area contributed by atoms with Gasteiger partial charge in [-0.05, 0) is 29.8 Å². The van der Waals surface area contributed by atoms with Crippen molar-refractivity contribution in [3.63, 3.8) is 0 Å². The molecule has 4 rings (SSSR count). The monoisotopic (exact) mass is 383 g/mol. The third-order valence-electron chi connectivity index (χ3n) is 4.22. The number of hydrogen-bond donors (Lipinski definition) is 1. The number of halogens is 1. The van der Waals surface area contributed by atoms with Gasteiger partial charge >= 0.3 is 0 Å². The van der Waals surface area contributed by atoms with Crippen molar-refractivity contribution in [2.75, 3.05) is 13.2 Å². The van der Waals surface area contributed by atoms with Crippen LogP contribution in [0.25, 0.3) is 5.69 Å². The molecule has 3 aromatic rings. The number of nitrogens with zero attached hydrogens (tertiary/aromatic N) is 2. The molecule has 138 valence electrons. The van der Waals surface area contributed by atoms with E-state index in [1.165, 1.54) is 0 Å². The van der Waals surface area contributed by atoms with E-state index >= 15 is 0 Å². The molecule has 1 amide bonds. The quantitative estimate of drug-likeness (QED) is 0.747. The van der Waals surface area contributed by atoms with E-state index in [9.17, 15) is 4.79 Å². The molecule has 6 nitrogen and oxygen atoms in total. The van der Waals surface area contributed by atoms with Crippen molar-refractivity contribution < 1.29 is 14.3 Å². The van der Waals surface area contributed by atoms with Gasteiger partial charge in [0.15, 0.2) is 11.5 Å². The Morgan fingerprint density at radius 2 is 2.00 bits per heavy atom. The fourth-order valence-corrected chi connectivity index (χ4v) is 3.20. The van der Waals surface area contributed by atoms with Crippen LogP contribution in [0.15, 0.2) is 55.0 Å². The number of aromatic nitrogens is 2. The highest BCUT2D eigenvalue weighted by Crippen LogP contribution is 2.37. The summed E-state index contributed by atoms with van der Waals surface area (Å²) in [5.41, 5.74) is 2.17. The van der Waals surface area contributed by atoms with Gasteiger partial charge in [0.05, 0.1) is 30.8 Å². The van der Waals surface area contributed by atoms with Gasteiger partial charge in [-0.15, -0.1) is 0 Å². The minimum Gasteiger partial charge on any atom is -0.489 e. The summed E-state index contributed by atoms with van der Waals surface area (Å²) in [5.74, 6) is 0.949. The minimum absolute atomic E-state index is 0.223. The lowest BCUT2D eigenvalue weighted by atomic mass is 10.2. The zero-order chi connectivity index (χ0) is 18.6. The Bertz CT molecular complexity index is 956. The van der Waals surface area contributed by atoms with Gasteiger partial charge in [0.1, 0.15) is 5.69 Å². The van der Waals surface area contributed by atoms with Crippen LogP contribution in [0.5, 0.6) is 11.5 Å². The number of fused-ring (bicyclic) bond motifs is 1. The number of carbonyl (C=O) groups excluding carboxylic acids is 1. The van der Waals surface area contributed by atoms with Crippen molar-refractivity contribution in [3.05, 3.63) is 71.3 Å². The van der Waals surface area contributed by atoms with Crippen LogP contribution in [0.4, 0.5) is 0 Å². The number of para-hydroxylation sites is 1. The number of imidazole rings is 1. The molecule has 2 aromatic carbocycles. The Labute approximate surface area is 161 Å². The molecule has 1 N–H and O–H groups in total. The number of rotatable bonds is 4. The number of ether oxygens (including phenoxy) is 2. The van der Waals surface area contributed by atoms with Crippen molar-refractivity contribution in [2.45, 2.75) is 13.0 Å². The van der Waals surface area contributed by atoms with Crippen LogP contribution in [0.3, 0.4) is 0 Å². The fourth-order valence-electron chi connectivity index (χ4n) is 2.92. The van der Waals surface area contributed by atoms with Gasteiger partial charge in [0.2, 0.25) is 0 Å². The normalized spacial score (nSPS) is 13.1. The van der Waals surface area contributed by atoms with Crippen LogP contribution in [0.2, 0.25) is 5.02 Å². The molecule has 27 heavy (non-hydrogen) atoms. The summed E-state index contributed by atoms with van der Waals surface area (Å²) >= 11 is 6.31. The summed E-state index contributed by atoms with van der Waals surface area (Å²) in [6.45, 7) is 1.47. The number of amides is 1. The maximum Gasteiger partial charge on any atom is 0.270 e. The summed E-state index contributed by atoms with van der Waals surface area (Å²) in [4.78, 5) is 16.7. The zero-order valence-electron chi connectivity index (χ0n) is 14.5. The third kappa shape index (κ3) is 3.75. The first-order valence-corrected chi connectivity index (χ1v) is 9.04. The molecule has 0 fully saturated rings. The Kier molecular flexibility index (Phi) is 4.98. The van der Waals surface area contributed by atoms with E-state index in [0.29, 0.717) is 42.0 Å². The molecule has 1 aliphatic heterocycles. The van der Waals surface area contributed by atoms with Gasteiger partial charge in [0, 0.05) is 18.7 Å². The number of nitrogens with one attached hydrogen (secondary N) is 1. The molecule has 0 aliphatic carbocycles. The molecule has 2 heterocycles. The molecule has 0 unspecified atom stereocenters. The van der Waals surface area contributed by atoms with Gasteiger partial charge < -0.3 is 14.8 Å². The Hall–Kier alpha value is -2.99. The first kappa shape index (κ1) is 17.4. The van der Waals surface area contributed by atoms with Crippen LogP contribution < -0.4 is 14.8 Å². The van der Waals surface area contributed by atoms with Crippen molar-refractivity contribution >= 4 is 17.5 Å². The molecule has 1 aromatic heterocycles. The van der Waals surface area contributed by atoms with E-state index in [4.69, 9.17) is 21.1 Å². The van der Waals surface area contributed by atoms with Gasteiger partial charge in [-0.2, -0.15) is 0 Å². The highest BCUT2D eigenvalue weighted by atomic mass is 35.5. The van der Waals surface area contributed by atoms with Crippen LogP contribution in [0.1, 0.15) is 22.5 Å². The van der Waals surface area contributed by atoms with E-state index in [1.54, 1.807) is 23.2 Å². The number of carbonyl (C=O) groups is 1. The second-order valence-corrected chi connectivity index (χ2v) is 6.53. The van der Waals surface area contributed by atoms with Crippen molar-refractivity contribution in [1.82, 2.24) is 14.9 Å². The maximum absolute atomic E-state index is 12.6. The largest absolute Gasteiger partial charge is 0.489 e. The molecule has 0 bridgehead atoms. The van der Waals surface area contributed by atoms with E-state index in [0.717, 1.165) is 17.7 Å². The van der Waals surface area contributed by atoms with Crippen LogP contribution >= 0.6 is 11.6 Å². The van der Waals surface area contributed by atoms with Gasteiger partial charge in [-0.1, -0.05) is 29.8 Å². The summed E-state index contributed by atoms with van der Waals surface area (Å²) in [6.07, 6.45) is 3.97. The lowest BCUT2D eigenvalue weighted by molar-refractivity contribution is 0.0944. The van der Waals surface area contributed by atoms with Crippen LogP contribution in [-0.4, -0.2) is 28.7 Å². The standard InChI is InChI=1S/C20H18ClN3O3/c21-16-9-14(10-18-19(16)27-8-4-7-26-18)11-23-20(25)17-12-22-13-24(17)15-5-2-1-3-6-15/h1-3,5-6,9-10,12-13H,4,7-8,11H2,(H,23,25). The summed E-state index contributed by atoms with van der Waals surface area (Å²) in [7, 11) is 0. The second-order valence-electron chi connectivity index (χ2n) is 6.12. The van der Waals surface area contributed by atoms with Crippen LogP contribution in [0, 0.1) is 0 Å². The smallest absolute Gasteiger partial charge is 0.270 e. The van der Waals surface area contributed by atoms with E-state index in [1.807, 2.05) is 36.4 Å². The predicted molar refractivity (Wildman–Crippen MR) is 102 cm³/mol. The zero-order valence-corrected chi connectivity index (χ0v) is 15.3. The second kappa shape index (κ2) is 7.72. The average molecular weight is 384 g/mol. The molecule has 0 saturated heterocycles. The topological polar surface area (TPSA) is 65.4 Å². The Balaban J connectivity index is 1.50. The van der Waals surface area contributed by atoms with Gasteiger partial charge in [-0.25, -0.2) is 4.98 Å². The fraction of sp³-hybridized carbons (Fsp3) is 0.200. The highest BCUT2D eigenvalue weighted by Gasteiger charge is 2.17. The van der Waals surface area contributed by atoms with E-state index in [-0.39, 0.29) is 5.91 Å². The lowest BCUT2D eigenvalue weighted by Crippen LogP contribution is -2.25. The summed E-state index contributed by atoms with van der Waals surface area (Å²) in [5, 5.41) is 3.39. The SMILES string of the molecule is O=C(NCc1cc(Cl)c2c(c1)OCCCO2)c1cncn1-c1ccccc1. The van der Waals surface area contributed by atoms with E-state index in [2.05, 4.69) is 10.3 Å². The molecule has 0 atom stereocenters. The third-order valence-corrected chi connectivity index (χ3v) is 4.50. The van der Waals surface area contributed by atoms with Gasteiger partial charge in [-0.3, -0.25) is 9.36 Å². The maximum atomic E-state index is 12.6. The summed E-state index contributed by atoms with van der Waals surface area (Å²) in [6, 6.07) is 13.2. The van der Waals surface area contributed by atoms with Crippen molar-refractivity contribution in [1.29, 1.82) is 0 Å². The highest BCUT2D eigenvalue weighted by molar-refractivity contribution is 6.32. The molecular formula is C20H18ClN3O3. The Morgan fingerprint density at radius 1 is 1.19 bits per heavy atom. The molecule has 7 heteroatoms. The number of hydrogen-bond acceptors (Lipinski definition) is 4. The Morgan fingerprint density at radius 3 is 2.85 bits per heavy atom. The molecule has 0 spiro atoms. The molecular weight excluding hydrogens is 366 g/mol. The average Bonchev–Trinajstić information content (AvgIpc) is 3.06. The number of benzene rings is 2. The molecule has 0 saturated carbocycles. The van der Waals surface area contributed by atoms with Crippen LogP contribution in [-0.2, 0) is 6.54 Å². The van der Waals surface area contributed by atoms with Crippen molar-refractivity contribution in [2.24, 2.45) is 0 Å². The van der Waals surface area contributed by atoms with Gasteiger partial charge in [0.25, 0.3) is 5.91 Å². The first-order valence-electron chi connectivity index (χ1n) is 8.66.